The summed E-state index contributed by atoms with van der Waals surface area (Å²) in [5.41, 5.74) is 5.32. The van der Waals surface area contributed by atoms with E-state index in [-0.39, 0.29) is 0 Å². The van der Waals surface area contributed by atoms with Gasteiger partial charge in [0.05, 0.1) is 13.2 Å². The fraction of sp³-hybridized carbons (Fsp3) is 0.304. The Labute approximate surface area is 155 Å². The highest BCUT2D eigenvalue weighted by atomic mass is 16.5. The fourth-order valence-electron chi connectivity index (χ4n) is 4.17. The van der Waals surface area contributed by atoms with E-state index >= 15 is 0 Å². The van der Waals surface area contributed by atoms with Crippen molar-refractivity contribution in [2.45, 2.75) is 25.8 Å². The summed E-state index contributed by atoms with van der Waals surface area (Å²) in [4.78, 5) is 6.26. The molecule has 0 aliphatic carbocycles. The quantitative estimate of drug-likeness (QED) is 0.688. The Bertz CT molecular complexity index is 925. The maximum Gasteiger partial charge on any atom is 0.126 e. The van der Waals surface area contributed by atoms with Crippen LogP contribution < -0.4 is 4.74 Å². The first kappa shape index (κ1) is 16.9. The second-order valence-electron chi connectivity index (χ2n) is 6.88. The second-order valence-corrected chi connectivity index (χ2v) is 6.88. The van der Waals surface area contributed by atoms with Crippen molar-refractivity contribution in [2.75, 3.05) is 20.2 Å². The molecule has 0 saturated carbocycles. The van der Waals surface area contributed by atoms with Crippen molar-refractivity contribution >= 4 is 17.0 Å². The van der Waals surface area contributed by atoms with E-state index in [1.54, 1.807) is 7.11 Å². The van der Waals surface area contributed by atoms with Gasteiger partial charge >= 0.3 is 0 Å². The van der Waals surface area contributed by atoms with Crippen LogP contribution in [0, 0.1) is 0 Å². The Kier molecular flexibility index (Phi) is 4.81. The van der Waals surface area contributed by atoms with Gasteiger partial charge in [-0.2, -0.15) is 0 Å². The average molecular weight is 346 g/mol. The lowest BCUT2D eigenvalue weighted by atomic mass is 9.96. The number of rotatable bonds is 5. The van der Waals surface area contributed by atoms with Crippen LogP contribution in [0.1, 0.15) is 36.2 Å². The van der Waals surface area contributed by atoms with Crippen LogP contribution in [0.25, 0.3) is 17.0 Å². The van der Waals surface area contributed by atoms with Gasteiger partial charge in [-0.25, -0.2) is 0 Å². The van der Waals surface area contributed by atoms with Crippen molar-refractivity contribution in [1.82, 2.24) is 9.88 Å². The van der Waals surface area contributed by atoms with E-state index in [0.717, 1.165) is 37.2 Å². The molecule has 0 spiro atoms. The van der Waals surface area contributed by atoms with Crippen molar-refractivity contribution in [3.8, 4) is 5.75 Å². The first-order valence-corrected chi connectivity index (χ1v) is 9.45. The number of fused-ring (bicyclic) bond motifs is 3. The number of aromatic nitrogens is 1. The number of benzene rings is 2. The molecule has 3 heteroatoms. The molecule has 0 fully saturated rings. The van der Waals surface area contributed by atoms with Gasteiger partial charge in [-0.05, 0) is 30.5 Å². The Morgan fingerprint density at radius 2 is 1.96 bits per heavy atom. The van der Waals surface area contributed by atoms with Gasteiger partial charge in [0.2, 0.25) is 0 Å². The van der Waals surface area contributed by atoms with Gasteiger partial charge in [0.25, 0.3) is 0 Å². The fourth-order valence-corrected chi connectivity index (χ4v) is 4.17. The minimum atomic E-state index is 0.452. The SMILES string of the molecule is CCC1c2[nH]c3ccccc3c2CCN1CC=Cc1ccccc1OC. The lowest BCUT2D eigenvalue weighted by Crippen LogP contribution is -2.35. The van der Waals surface area contributed by atoms with Crippen LogP contribution in [-0.4, -0.2) is 30.1 Å². The van der Waals surface area contributed by atoms with Crippen LogP contribution in [0.4, 0.5) is 0 Å². The number of aromatic amines is 1. The number of para-hydroxylation sites is 2. The molecule has 4 rings (SSSR count). The number of nitrogens with zero attached hydrogens (tertiary/aromatic N) is 1. The molecule has 26 heavy (non-hydrogen) atoms. The number of H-pyrrole nitrogens is 1. The number of methoxy groups -OCH3 is 1. The van der Waals surface area contributed by atoms with E-state index in [1.807, 2.05) is 12.1 Å². The van der Waals surface area contributed by atoms with Gasteiger partial charge in [-0.1, -0.05) is 55.5 Å². The number of hydrogen-bond donors (Lipinski definition) is 1. The third kappa shape index (κ3) is 3.04. The zero-order chi connectivity index (χ0) is 17.9. The highest BCUT2D eigenvalue weighted by Crippen LogP contribution is 2.36. The van der Waals surface area contributed by atoms with Crippen molar-refractivity contribution < 1.29 is 4.74 Å². The largest absolute Gasteiger partial charge is 0.496 e. The van der Waals surface area contributed by atoms with E-state index in [1.165, 1.54) is 22.2 Å². The summed E-state index contributed by atoms with van der Waals surface area (Å²) in [5.74, 6) is 0.923. The van der Waals surface area contributed by atoms with Crippen molar-refractivity contribution in [1.29, 1.82) is 0 Å². The summed E-state index contributed by atoms with van der Waals surface area (Å²) in [6.07, 6.45) is 6.65. The van der Waals surface area contributed by atoms with Gasteiger partial charge < -0.3 is 9.72 Å². The molecule has 3 aromatic rings. The zero-order valence-corrected chi connectivity index (χ0v) is 15.5. The van der Waals surface area contributed by atoms with Gasteiger partial charge in [-0.3, -0.25) is 4.90 Å². The van der Waals surface area contributed by atoms with Gasteiger partial charge in [0.1, 0.15) is 5.75 Å². The summed E-state index contributed by atoms with van der Waals surface area (Å²) in [6, 6.07) is 17.3. The molecule has 0 radical (unpaired) electrons. The molecule has 3 nitrogen and oxygen atoms in total. The predicted octanol–water partition coefficient (Wildman–Crippen LogP) is 5.20. The van der Waals surface area contributed by atoms with Crippen molar-refractivity contribution in [3.05, 3.63) is 71.4 Å². The normalized spacial score (nSPS) is 17.7. The number of hydrogen-bond acceptors (Lipinski definition) is 2. The summed E-state index contributed by atoms with van der Waals surface area (Å²) >= 11 is 0. The van der Waals surface area contributed by atoms with E-state index < -0.39 is 0 Å². The van der Waals surface area contributed by atoms with E-state index in [2.05, 4.69) is 65.4 Å². The molecule has 1 aromatic heterocycles. The lowest BCUT2D eigenvalue weighted by molar-refractivity contribution is 0.198. The molecule has 134 valence electrons. The molecule has 1 aliphatic heterocycles. The van der Waals surface area contributed by atoms with Gasteiger partial charge in [0, 0.05) is 35.2 Å². The minimum absolute atomic E-state index is 0.452. The highest BCUT2D eigenvalue weighted by molar-refractivity contribution is 5.85. The molecule has 0 amide bonds. The Hall–Kier alpha value is -2.52. The summed E-state index contributed by atoms with van der Waals surface area (Å²) in [7, 11) is 1.72. The molecular weight excluding hydrogens is 320 g/mol. The van der Waals surface area contributed by atoms with E-state index in [0.29, 0.717) is 6.04 Å². The van der Waals surface area contributed by atoms with Gasteiger partial charge in [0.15, 0.2) is 0 Å². The smallest absolute Gasteiger partial charge is 0.126 e. The first-order valence-electron chi connectivity index (χ1n) is 9.45. The molecule has 1 N–H and O–H groups in total. The van der Waals surface area contributed by atoms with Crippen LogP contribution in [-0.2, 0) is 6.42 Å². The molecule has 0 bridgehead atoms. The average Bonchev–Trinajstić information content (AvgIpc) is 3.07. The van der Waals surface area contributed by atoms with Crippen LogP contribution in [0.5, 0.6) is 5.75 Å². The molecule has 0 saturated heterocycles. The third-order valence-corrected chi connectivity index (χ3v) is 5.43. The molecule has 1 atom stereocenters. The Morgan fingerprint density at radius 1 is 1.15 bits per heavy atom. The Balaban J connectivity index is 1.55. The van der Waals surface area contributed by atoms with Crippen molar-refractivity contribution in [3.63, 3.8) is 0 Å². The standard InChI is InChI=1S/C23H26N2O/c1-3-21-23-19(18-11-5-6-12-20(18)24-23)14-16-25(21)15-8-10-17-9-4-7-13-22(17)26-2/h4-13,21,24H,3,14-16H2,1-2H3. The molecule has 2 heterocycles. The molecular formula is C23H26N2O. The number of ether oxygens (including phenoxy) is 1. The van der Waals surface area contributed by atoms with E-state index in [4.69, 9.17) is 4.74 Å². The summed E-state index contributed by atoms with van der Waals surface area (Å²) in [5, 5.41) is 1.39. The summed E-state index contributed by atoms with van der Waals surface area (Å²) < 4.78 is 5.44. The zero-order valence-electron chi connectivity index (χ0n) is 15.5. The van der Waals surface area contributed by atoms with Crippen LogP contribution in [0.3, 0.4) is 0 Å². The maximum absolute atomic E-state index is 5.44. The first-order chi connectivity index (χ1) is 12.8. The minimum Gasteiger partial charge on any atom is -0.496 e. The Morgan fingerprint density at radius 3 is 2.81 bits per heavy atom. The topological polar surface area (TPSA) is 28.3 Å². The van der Waals surface area contributed by atoms with Crippen LogP contribution >= 0.6 is 0 Å². The monoisotopic (exact) mass is 346 g/mol. The molecule has 2 aromatic carbocycles. The molecule has 1 unspecified atom stereocenters. The van der Waals surface area contributed by atoms with Crippen molar-refractivity contribution in [2.24, 2.45) is 0 Å². The molecule has 1 aliphatic rings. The van der Waals surface area contributed by atoms with Crippen LogP contribution in [0.15, 0.2) is 54.6 Å². The number of nitrogens with one attached hydrogen (secondary N) is 1. The lowest BCUT2D eigenvalue weighted by Gasteiger charge is -2.34. The van der Waals surface area contributed by atoms with Gasteiger partial charge in [-0.15, -0.1) is 0 Å². The highest BCUT2D eigenvalue weighted by Gasteiger charge is 2.28. The third-order valence-electron chi connectivity index (χ3n) is 5.43. The maximum atomic E-state index is 5.44. The summed E-state index contributed by atoms with van der Waals surface area (Å²) in [6.45, 7) is 4.33. The van der Waals surface area contributed by atoms with Crippen LogP contribution in [0.2, 0.25) is 0 Å². The second kappa shape index (κ2) is 7.38. The predicted molar refractivity (Wildman–Crippen MR) is 109 cm³/mol. The van der Waals surface area contributed by atoms with E-state index in [9.17, 15) is 0 Å².